The van der Waals surface area contributed by atoms with Gasteiger partial charge < -0.3 is 4.74 Å². The van der Waals surface area contributed by atoms with Gasteiger partial charge in [0.25, 0.3) is 0 Å². The van der Waals surface area contributed by atoms with E-state index < -0.39 is 22.8 Å². The maximum absolute atomic E-state index is 13.6. The molecule has 1 aromatic carbocycles. The number of nitrogens with zero attached hydrogens (tertiary/aromatic N) is 1. The lowest BCUT2D eigenvalue weighted by molar-refractivity contribution is 0.0930. The lowest BCUT2D eigenvalue weighted by atomic mass is 9.95. The molecular formula is C12H9F2NO2. The number of rotatable bonds is 3. The summed E-state index contributed by atoms with van der Waals surface area (Å²) in [5.41, 5.74) is -1.54. The highest BCUT2D eigenvalue weighted by Gasteiger charge is 2.51. The Hall–Kier alpha value is -1.96. The second-order valence-electron chi connectivity index (χ2n) is 3.99. The van der Waals surface area contributed by atoms with E-state index in [1.165, 1.54) is 7.11 Å². The Morgan fingerprint density at radius 2 is 2.06 bits per heavy atom. The first kappa shape index (κ1) is 11.5. The molecule has 0 heterocycles. The lowest BCUT2D eigenvalue weighted by Gasteiger charge is -2.08. The zero-order valence-corrected chi connectivity index (χ0v) is 9.09. The van der Waals surface area contributed by atoms with Gasteiger partial charge in [0.2, 0.25) is 0 Å². The number of hydrogen-bond donors (Lipinski definition) is 0. The zero-order chi connectivity index (χ0) is 12.6. The summed E-state index contributed by atoms with van der Waals surface area (Å²) in [6.45, 7) is 0. The number of Topliss-reactive ketones (excluding diaryl/α,β-unsaturated/α-hetero) is 1. The Morgan fingerprint density at radius 3 is 2.53 bits per heavy atom. The molecule has 1 aliphatic carbocycles. The number of carbonyl (C=O) groups is 1. The van der Waals surface area contributed by atoms with Crippen molar-refractivity contribution in [3.63, 3.8) is 0 Å². The van der Waals surface area contributed by atoms with E-state index in [1.54, 1.807) is 0 Å². The molecule has 0 radical (unpaired) electrons. The average molecular weight is 237 g/mol. The van der Waals surface area contributed by atoms with Gasteiger partial charge in [-0.3, -0.25) is 4.79 Å². The van der Waals surface area contributed by atoms with E-state index in [9.17, 15) is 13.6 Å². The van der Waals surface area contributed by atoms with Crippen LogP contribution in [0.15, 0.2) is 12.1 Å². The fraction of sp³-hybridized carbons (Fsp3) is 0.333. The minimum atomic E-state index is -1.15. The normalized spacial score (nSPS) is 16.1. The molecule has 1 saturated carbocycles. The van der Waals surface area contributed by atoms with E-state index in [2.05, 4.69) is 4.74 Å². The van der Waals surface area contributed by atoms with Crippen LogP contribution in [0.3, 0.4) is 0 Å². The molecule has 1 aromatic rings. The third-order valence-electron chi connectivity index (χ3n) is 2.88. The Kier molecular flexibility index (Phi) is 2.58. The number of benzene rings is 1. The van der Waals surface area contributed by atoms with Crippen molar-refractivity contribution in [2.45, 2.75) is 12.8 Å². The molecule has 0 spiro atoms. The van der Waals surface area contributed by atoms with Crippen molar-refractivity contribution in [1.82, 2.24) is 0 Å². The van der Waals surface area contributed by atoms with Gasteiger partial charge in [-0.05, 0) is 18.9 Å². The van der Waals surface area contributed by atoms with Crippen molar-refractivity contribution >= 4 is 5.78 Å². The first-order valence-electron chi connectivity index (χ1n) is 5.03. The summed E-state index contributed by atoms with van der Waals surface area (Å²) in [7, 11) is 1.21. The lowest BCUT2D eigenvalue weighted by Crippen LogP contribution is -2.16. The minimum Gasteiger partial charge on any atom is -0.494 e. The van der Waals surface area contributed by atoms with Crippen molar-refractivity contribution in [2.75, 3.05) is 7.11 Å². The van der Waals surface area contributed by atoms with Gasteiger partial charge in [-0.1, -0.05) is 0 Å². The molecule has 0 aromatic heterocycles. The highest BCUT2D eigenvalue weighted by Crippen LogP contribution is 2.48. The molecule has 0 saturated heterocycles. The summed E-state index contributed by atoms with van der Waals surface area (Å²) in [6.07, 6.45) is 0.796. The van der Waals surface area contributed by atoms with Crippen molar-refractivity contribution in [1.29, 1.82) is 5.26 Å². The number of hydrogen-bond acceptors (Lipinski definition) is 3. The number of ketones is 1. The molecule has 0 N–H and O–H groups in total. The molecule has 0 bridgehead atoms. The van der Waals surface area contributed by atoms with Crippen LogP contribution in [0.25, 0.3) is 0 Å². The molecule has 0 atom stereocenters. The Labute approximate surface area is 96.6 Å². The van der Waals surface area contributed by atoms with Gasteiger partial charge in [0.15, 0.2) is 17.3 Å². The fourth-order valence-corrected chi connectivity index (χ4v) is 1.63. The molecule has 17 heavy (non-hydrogen) atoms. The van der Waals surface area contributed by atoms with Crippen LogP contribution in [0.1, 0.15) is 23.2 Å². The summed E-state index contributed by atoms with van der Waals surface area (Å²) < 4.78 is 31.6. The van der Waals surface area contributed by atoms with E-state index in [-0.39, 0.29) is 11.3 Å². The largest absolute Gasteiger partial charge is 0.494 e. The summed E-state index contributed by atoms with van der Waals surface area (Å²) >= 11 is 0. The first-order valence-corrected chi connectivity index (χ1v) is 5.03. The molecule has 1 aliphatic rings. The summed E-state index contributed by atoms with van der Waals surface area (Å²) in [5.74, 6) is -2.60. The number of nitriles is 1. The Morgan fingerprint density at radius 1 is 1.41 bits per heavy atom. The maximum atomic E-state index is 13.6. The fourth-order valence-electron chi connectivity index (χ4n) is 1.63. The van der Waals surface area contributed by atoms with E-state index in [0.29, 0.717) is 12.8 Å². The second kappa shape index (κ2) is 3.81. The Balaban J connectivity index is 2.44. The molecule has 88 valence electrons. The molecular weight excluding hydrogens is 228 g/mol. The Bertz CT molecular complexity index is 530. The van der Waals surface area contributed by atoms with Gasteiger partial charge in [-0.15, -0.1) is 0 Å². The first-order chi connectivity index (χ1) is 8.04. The second-order valence-corrected chi connectivity index (χ2v) is 3.99. The van der Waals surface area contributed by atoms with Gasteiger partial charge in [-0.25, -0.2) is 8.78 Å². The smallest absolute Gasteiger partial charge is 0.186 e. The standard InChI is InChI=1S/C12H9F2NO2/c1-17-10-5-8(13)7(4-9(10)14)11(16)12(6-15)2-3-12/h4-5H,2-3H2,1H3. The van der Waals surface area contributed by atoms with Gasteiger partial charge in [0.05, 0.1) is 18.7 Å². The van der Waals surface area contributed by atoms with Crippen LogP contribution in [0, 0.1) is 28.4 Å². The SMILES string of the molecule is COc1cc(F)c(C(=O)C2(C#N)CC2)cc1F. The van der Waals surface area contributed by atoms with Gasteiger partial charge >= 0.3 is 0 Å². The molecule has 0 unspecified atom stereocenters. The van der Waals surface area contributed by atoms with Gasteiger partial charge in [0, 0.05) is 6.07 Å². The number of ether oxygens (including phenoxy) is 1. The highest BCUT2D eigenvalue weighted by molar-refractivity contribution is 6.04. The van der Waals surface area contributed by atoms with Crippen molar-refractivity contribution in [3.05, 3.63) is 29.3 Å². The van der Waals surface area contributed by atoms with Crippen LogP contribution >= 0.6 is 0 Å². The van der Waals surface area contributed by atoms with Crippen molar-refractivity contribution in [2.24, 2.45) is 5.41 Å². The van der Waals surface area contributed by atoms with Crippen LogP contribution in [-0.4, -0.2) is 12.9 Å². The van der Waals surface area contributed by atoms with E-state index in [1.807, 2.05) is 6.07 Å². The summed E-state index contributed by atoms with van der Waals surface area (Å²) in [6, 6.07) is 3.46. The number of halogens is 2. The van der Waals surface area contributed by atoms with Crippen molar-refractivity contribution < 1.29 is 18.3 Å². The maximum Gasteiger partial charge on any atom is 0.186 e. The topological polar surface area (TPSA) is 50.1 Å². The van der Waals surface area contributed by atoms with Crippen molar-refractivity contribution in [3.8, 4) is 11.8 Å². The monoisotopic (exact) mass is 237 g/mol. The molecule has 5 heteroatoms. The quantitative estimate of drug-likeness (QED) is 0.759. The average Bonchev–Trinajstić information content (AvgIpc) is 3.11. The van der Waals surface area contributed by atoms with Gasteiger partial charge in [-0.2, -0.15) is 5.26 Å². The zero-order valence-electron chi connectivity index (χ0n) is 9.09. The predicted octanol–water partition coefficient (Wildman–Crippen LogP) is 2.46. The van der Waals surface area contributed by atoms with Crippen LogP contribution < -0.4 is 4.74 Å². The molecule has 3 nitrogen and oxygen atoms in total. The summed E-state index contributed by atoms with van der Waals surface area (Å²) in [5, 5.41) is 8.84. The summed E-state index contributed by atoms with van der Waals surface area (Å²) in [4.78, 5) is 11.9. The van der Waals surface area contributed by atoms with E-state index >= 15 is 0 Å². The number of carbonyl (C=O) groups excluding carboxylic acids is 1. The molecule has 0 aliphatic heterocycles. The molecule has 0 amide bonds. The number of methoxy groups -OCH3 is 1. The molecule has 1 fully saturated rings. The highest BCUT2D eigenvalue weighted by atomic mass is 19.1. The van der Waals surface area contributed by atoms with Crippen LogP contribution in [0.4, 0.5) is 8.78 Å². The predicted molar refractivity (Wildman–Crippen MR) is 54.5 cm³/mol. The van der Waals surface area contributed by atoms with Gasteiger partial charge in [0.1, 0.15) is 11.2 Å². The molecule has 2 rings (SSSR count). The van der Waals surface area contributed by atoms with E-state index in [4.69, 9.17) is 5.26 Å². The van der Waals surface area contributed by atoms with Crippen LogP contribution in [-0.2, 0) is 0 Å². The third kappa shape index (κ3) is 1.76. The van der Waals surface area contributed by atoms with Crippen LogP contribution in [0.5, 0.6) is 5.75 Å². The van der Waals surface area contributed by atoms with Crippen LogP contribution in [0.2, 0.25) is 0 Å². The minimum absolute atomic E-state index is 0.263. The third-order valence-corrected chi connectivity index (χ3v) is 2.88. The van der Waals surface area contributed by atoms with E-state index in [0.717, 1.165) is 12.1 Å².